The van der Waals surface area contributed by atoms with E-state index in [2.05, 4.69) is 21.2 Å². The molecule has 1 aliphatic rings. The molecule has 16 heavy (non-hydrogen) atoms. The van der Waals surface area contributed by atoms with E-state index in [-0.39, 0.29) is 6.03 Å². The molecule has 86 valence electrons. The summed E-state index contributed by atoms with van der Waals surface area (Å²) in [5.74, 6) is 0. The molecule has 1 aromatic carbocycles. The summed E-state index contributed by atoms with van der Waals surface area (Å²) < 4.78 is 0.789. The van der Waals surface area contributed by atoms with Crippen LogP contribution in [0.25, 0.3) is 0 Å². The molecule has 2 amide bonds. The lowest BCUT2D eigenvalue weighted by Gasteiger charge is -2.18. The largest absolute Gasteiger partial charge is 0.325 e. The van der Waals surface area contributed by atoms with Crippen LogP contribution in [0.5, 0.6) is 0 Å². The van der Waals surface area contributed by atoms with Gasteiger partial charge in [-0.2, -0.15) is 0 Å². The summed E-state index contributed by atoms with van der Waals surface area (Å²) in [5.41, 5.74) is 0.627. The van der Waals surface area contributed by atoms with Crippen LogP contribution in [0.1, 0.15) is 12.8 Å². The molecule has 0 unspecified atom stereocenters. The van der Waals surface area contributed by atoms with Gasteiger partial charge in [0.1, 0.15) is 0 Å². The van der Waals surface area contributed by atoms with Gasteiger partial charge in [-0.1, -0.05) is 17.7 Å². The van der Waals surface area contributed by atoms with E-state index >= 15 is 0 Å². The van der Waals surface area contributed by atoms with Gasteiger partial charge in [-0.25, -0.2) is 4.79 Å². The Labute approximate surface area is 108 Å². The van der Waals surface area contributed by atoms with Crippen LogP contribution in [0.2, 0.25) is 5.02 Å². The Morgan fingerprint density at radius 1 is 1.56 bits per heavy atom. The Kier molecular flexibility index (Phi) is 3.40. The second-order valence-electron chi connectivity index (χ2n) is 3.87. The van der Waals surface area contributed by atoms with Gasteiger partial charge >= 0.3 is 6.03 Å². The van der Waals surface area contributed by atoms with Crippen LogP contribution in [0, 0.1) is 0 Å². The molecule has 0 spiro atoms. The number of amides is 2. The second-order valence-corrected chi connectivity index (χ2v) is 5.13. The van der Waals surface area contributed by atoms with Gasteiger partial charge < -0.3 is 10.2 Å². The molecule has 1 aromatic rings. The summed E-state index contributed by atoms with van der Waals surface area (Å²) in [5, 5.41) is 3.34. The van der Waals surface area contributed by atoms with Gasteiger partial charge in [0.15, 0.2) is 0 Å². The van der Waals surface area contributed by atoms with Crippen molar-refractivity contribution in [1.82, 2.24) is 4.90 Å². The standard InChI is InChI=1S/C11H12BrClN2O/c1-15(7-5-6-7)11(16)14-10-8(12)3-2-4-9(10)13/h2-4,7H,5-6H2,1H3,(H,14,16). The van der Waals surface area contributed by atoms with Crippen molar-refractivity contribution in [3.63, 3.8) is 0 Å². The number of rotatable bonds is 2. The van der Waals surface area contributed by atoms with Gasteiger partial charge in [0.25, 0.3) is 0 Å². The third kappa shape index (κ3) is 2.50. The van der Waals surface area contributed by atoms with Crippen molar-refractivity contribution in [2.75, 3.05) is 12.4 Å². The molecule has 0 aromatic heterocycles. The Balaban J connectivity index is 2.10. The molecule has 0 aliphatic heterocycles. The van der Waals surface area contributed by atoms with Crippen LogP contribution in [0.4, 0.5) is 10.5 Å². The van der Waals surface area contributed by atoms with E-state index in [9.17, 15) is 4.79 Å². The van der Waals surface area contributed by atoms with E-state index in [1.165, 1.54) is 0 Å². The lowest BCUT2D eigenvalue weighted by molar-refractivity contribution is 0.220. The fourth-order valence-corrected chi connectivity index (χ4v) is 2.24. The Bertz CT molecular complexity index is 400. The van der Waals surface area contributed by atoms with Crippen molar-refractivity contribution in [3.05, 3.63) is 27.7 Å². The third-order valence-corrected chi connectivity index (χ3v) is 3.59. The lowest BCUT2D eigenvalue weighted by Crippen LogP contribution is -2.33. The zero-order chi connectivity index (χ0) is 11.7. The lowest BCUT2D eigenvalue weighted by atomic mass is 10.3. The zero-order valence-electron chi connectivity index (χ0n) is 8.84. The molecular formula is C11H12BrClN2O. The van der Waals surface area contributed by atoms with Crippen LogP contribution in [-0.2, 0) is 0 Å². The van der Waals surface area contributed by atoms with Gasteiger partial charge in [0.05, 0.1) is 10.7 Å². The number of nitrogens with zero attached hydrogens (tertiary/aromatic N) is 1. The topological polar surface area (TPSA) is 32.3 Å². The summed E-state index contributed by atoms with van der Waals surface area (Å²) in [6.45, 7) is 0. The van der Waals surface area contributed by atoms with Gasteiger partial charge in [-0.05, 0) is 40.9 Å². The predicted molar refractivity (Wildman–Crippen MR) is 69.0 cm³/mol. The number of halogens is 2. The molecule has 0 atom stereocenters. The third-order valence-electron chi connectivity index (χ3n) is 2.61. The maximum atomic E-state index is 11.8. The molecule has 0 heterocycles. The quantitative estimate of drug-likeness (QED) is 0.887. The smallest absolute Gasteiger partial charge is 0.321 e. The minimum Gasteiger partial charge on any atom is -0.325 e. The van der Waals surface area contributed by atoms with Crippen LogP contribution in [-0.4, -0.2) is 24.0 Å². The number of benzene rings is 1. The van der Waals surface area contributed by atoms with Crippen LogP contribution < -0.4 is 5.32 Å². The van der Waals surface area contributed by atoms with Gasteiger partial charge in [-0.15, -0.1) is 0 Å². The first-order chi connectivity index (χ1) is 7.59. The number of nitrogens with one attached hydrogen (secondary N) is 1. The Morgan fingerprint density at radius 3 is 2.81 bits per heavy atom. The van der Waals surface area contributed by atoms with E-state index in [1.807, 2.05) is 12.1 Å². The van der Waals surface area contributed by atoms with Gasteiger partial charge in [-0.3, -0.25) is 0 Å². The monoisotopic (exact) mass is 302 g/mol. The van der Waals surface area contributed by atoms with E-state index in [4.69, 9.17) is 11.6 Å². The zero-order valence-corrected chi connectivity index (χ0v) is 11.2. The normalized spacial score (nSPS) is 14.7. The molecule has 1 aliphatic carbocycles. The molecule has 0 saturated heterocycles. The molecular weight excluding hydrogens is 291 g/mol. The van der Waals surface area contributed by atoms with Crippen LogP contribution >= 0.6 is 27.5 Å². The summed E-state index contributed by atoms with van der Waals surface area (Å²) in [4.78, 5) is 13.6. The van der Waals surface area contributed by atoms with E-state index < -0.39 is 0 Å². The highest BCUT2D eigenvalue weighted by molar-refractivity contribution is 9.10. The average molecular weight is 304 g/mol. The number of carbonyl (C=O) groups is 1. The number of para-hydroxylation sites is 1. The first-order valence-electron chi connectivity index (χ1n) is 5.07. The van der Waals surface area contributed by atoms with E-state index in [0.717, 1.165) is 17.3 Å². The van der Waals surface area contributed by atoms with Gasteiger partial charge in [0, 0.05) is 17.6 Å². The molecule has 1 N–H and O–H groups in total. The fraction of sp³-hybridized carbons (Fsp3) is 0.364. The average Bonchev–Trinajstić information content (AvgIpc) is 3.06. The molecule has 0 bridgehead atoms. The summed E-state index contributed by atoms with van der Waals surface area (Å²) >= 11 is 9.37. The predicted octanol–water partition coefficient (Wildman–Crippen LogP) is 3.73. The summed E-state index contributed by atoms with van der Waals surface area (Å²) in [6, 6.07) is 5.70. The Hall–Kier alpha value is -0.740. The van der Waals surface area contributed by atoms with Gasteiger partial charge in [0.2, 0.25) is 0 Å². The maximum Gasteiger partial charge on any atom is 0.321 e. The van der Waals surface area contributed by atoms with Crippen molar-refractivity contribution in [3.8, 4) is 0 Å². The maximum absolute atomic E-state index is 11.8. The second kappa shape index (κ2) is 4.63. The van der Waals surface area contributed by atoms with Crippen molar-refractivity contribution >= 4 is 39.2 Å². The van der Waals surface area contributed by atoms with E-state index in [0.29, 0.717) is 16.8 Å². The summed E-state index contributed by atoms with van der Waals surface area (Å²) in [6.07, 6.45) is 2.18. The van der Waals surface area contributed by atoms with Crippen molar-refractivity contribution in [2.45, 2.75) is 18.9 Å². The number of anilines is 1. The first kappa shape index (κ1) is 11.7. The molecule has 1 fully saturated rings. The highest BCUT2D eigenvalue weighted by Gasteiger charge is 2.29. The fourth-order valence-electron chi connectivity index (χ4n) is 1.44. The minimum absolute atomic E-state index is 0.115. The molecule has 3 nitrogen and oxygen atoms in total. The summed E-state index contributed by atoms with van der Waals surface area (Å²) in [7, 11) is 1.80. The van der Waals surface area contributed by atoms with Crippen LogP contribution in [0.3, 0.4) is 0 Å². The molecule has 5 heteroatoms. The Morgan fingerprint density at radius 2 is 2.25 bits per heavy atom. The SMILES string of the molecule is CN(C(=O)Nc1c(Cl)cccc1Br)C1CC1. The number of urea groups is 1. The number of hydrogen-bond acceptors (Lipinski definition) is 1. The number of carbonyl (C=O) groups excluding carboxylic acids is 1. The minimum atomic E-state index is -0.115. The highest BCUT2D eigenvalue weighted by Crippen LogP contribution is 2.31. The van der Waals surface area contributed by atoms with Crippen molar-refractivity contribution in [1.29, 1.82) is 0 Å². The molecule has 0 radical (unpaired) electrons. The van der Waals surface area contributed by atoms with E-state index in [1.54, 1.807) is 18.0 Å². The first-order valence-corrected chi connectivity index (χ1v) is 6.24. The van der Waals surface area contributed by atoms with Crippen LogP contribution in [0.15, 0.2) is 22.7 Å². The van der Waals surface area contributed by atoms with Crippen molar-refractivity contribution in [2.24, 2.45) is 0 Å². The molecule has 2 rings (SSSR count). The number of hydrogen-bond donors (Lipinski definition) is 1. The molecule has 1 saturated carbocycles. The highest BCUT2D eigenvalue weighted by atomic mass is 79.9. The van der Waals surface area contributed by atoms with Crippen molar-refractivity contribution < 1.29 is 4.79 Å².